The van der Waals surface area contributed by atoms with E-state index in [9.17, 15) is 16.8 Å². The Labute approximate surface area is 146 Å². The molecule has 0 aliphatic carbocycles. The van der Waals surface area contributed by atoms with Crippen molar-refractivity contribution >= 4 is 31.4 Å². The van der Waals surface area contributed by atoms with Gasteiger partial charge in [0.15, 0.2) is 0 Å². The first kappa shape index (κ1) is 17.5. The molecule has 0 saturated carbocycles. The van der Waals surface area contributed by atoms with Crippen molar-refractivity contribution in [3.05, 3.63) is 54.0 Å². The smallest absolute Gasteiger partial charge is 0.247 e. The fourth-order valence-electron chi connectivity index (χ4n) is 2.61. The highest BCUT2D eigenvalue weighted by atomic mass is 32.2. The molecule has 1 N–H and O–H groups in total. The van der Waals surface area contributed by atoms with Gasteiger partial charge in [-0.05, 0) is 29.8 Å². The number of hydrogen-bond donors (Lipinski definition) is 1. The van der Waals surface area contributed by atoms with Gasteiger partial charge in [-0.15, -0.1) is 0 Å². The van der Waals surface area contributed by atoms with Gasteiger partial charge >= 0.3 is 0 Å². The van der Waals surface area contributed by atoms with Crippen LogP contribution in [0.5, 0.6) is 0 Å². The van der Waals surface area contributed by atoms with E-state index in [0.717, 1.165) is 16.9 Å². The lowest BCUT2D eigenvalue weighted by Crippen LogP contribution is -2.25. The summed E-state index contributed by atoms with van der Waals surface area (Å²) in [5, 5.41) is 4.23. The summed E-state index contributed by atoms with van der Waals surface area (Å²) in [6.07, 6.45) is 4.01. The van der Waals surface area contributed by atoms with Crippen LogP contribution in [0.15, 0.2) is 52.2 Å². The van der Waals surface area contributed by atoms with E-state index in [2.05, 4.69) is 9.82 Å². The first-order valence-electron chi connectivity index (χ1n) is 7.32. The van der Waals surface area contributed by atoms with Crippen molar-refractivity contribution in [3.8, 4) is 0 Å². The average molecular weight is 383 g/mol. The number of hydrogen-bond acceptors (Lipinski definition) is 6. The summed E-state index contributed by atoms with van der Waals surface area (Å²) in [4.78, 5) is 0. The number of hydrazone groups is 1. The molecule has 1 atom stereocenters. The van der Waals surface area contributed by atoms with Gasteiger partial charge in [0.2, 0.25) is 20.0 Å². The van der Waals surface area contributed by atoms with Crippen LogP contribution < -0.4 is 4.72 Å². The zero-order valence-corrected chi connectivity index (χ0v) is 15.2. The minimum Gasteiger partial charge on any atom is -0.467 e. The summed E-state index contributed by atoms with van der Waals surface area (Å²) >= 11 is 0. The van der Waals surface area contributed by atoms with Gasteiger partial charge < -0.3 is 4.42 Å². The zero-order valence-electron chi connectivity index (χ0n) is 13.6. The van der Waals surface area contributed by atoms with Gasteiger partial charge in [0.05, 0.1) is 24.5 Å². The Balaban J connectivity index is 1.90. The zero-order chi connectivity index (χ0) is 18.2. The highest BCUT2D eigenvalue weighted by Crippen LogP contribution is 2.34. The molecule has 1 aromatic carbocycles. The van der Waals surface area contributed by atoms with Crippen LogP contribution in [0, 0.1) is 0 Å². The maximum absolute atomic E-state index is 12.0. The lowest BCUT2D eigenvalue weighted by molar-refractivity contribution is 0.322. The Bertz CT molecular complexity index is 994. The molecule has 134 valence electrons. The normalized spacial score (nSPS) is 18.2. The molecule has 25 heavy (non-hydrogen) atoms. The second-order valence-electron chi connectivity index (χ2n) is 5.77. The van der Waals surface area contributed by atoms with E-state index in [1.165, 1.54) is 6.26 Å². The molecule has 2 aromatic rings. The number of anilines is 1. The van der Waals surface area contributed by atoms with Crippen molar-refractivity contribution in [2.45, 2.75) is 12.5 Å². The quantitative estimate of drug-likeness (QED) is 0.846. The number of benzene rings is 1. The second kappa shape index (κ2) is 6.19. The van der Waals surface area contributed by atoms with E-state index in [4.69, 9.17) is 4.42 Å². The first-order chi connectivity index (χ1) is 11.6. The number of rotatable bonds is 5. The standard InChI is InChI=1S/C15H17N3O5S2/c1-24(19,20)17-12-7-5-11(6-8-12)13-10-14(15-4-3-9-23-15)18(16-13)25(2,21)22/h3-9,14,17H,10H2,1-2H3/t14-/m1/s1. The lowest BCUT2D eigenvalue weighted by atomic mass is 10.0. The third kappa shape index (κ3) is 4.02. The van der Waals surface area contributed by atoms with Crippen LogP contribution in [-0.2, 0) is 20.0 Å². The van der Waals surface area contributed by atoms with Crippen LogP contribution in [0.25, 0.3) is 0 Å². The highest BCUT2D eigenvalue weighted by molar-refractivity contribution is 7.92. The number of nitrogens with one attached hydrogen (secondary N) is 1. The SMILES string of the molecule is CS(=O)(=O)Nc1ccc(C2=NN(S(C)(=O)=O)[C@@H](c3ccco3)C2)cc1. The van der Waals surface area contributed by atoms with Crippen molar-refractivity contribution in [2.24, 2.45) is 5.10 Å². The Hall–Kier alpha value is -2.33. The summed E-state index contributed by atoms with van der Waals surface area (Å²) in [5.41, 5.74) is 1.71. The van der Waals surface area contributed by atoms with Crippen LogP contribution in [-0.4, -0.2) is 39.5 Å². The van der Waals surface area contributed by atoms with E-state index in [1.54, 1.807) is 36.4 Å². The van der Waals surface area contributed by atoms with Crippen molar-refractivity contribution in [1.29, 1.82) is 0 Å². The Morgan fingerprint density at radius 2 is 1.80 bits per heavy atom. The molecule has 0 unspecified atom stereocenters. The minimum absolute atomic E-state index is 0.361. The van der Waals surface area contributed by atoms with Crippen molar-refractivity contribution in [3.63, 3.8) is 0 Å². The molecule has 0 fully saturated rings. The van der Waals surface area contributed by atoms with Crippen molar-refractivity contribution in [2.75, 3.05) is 17.2 Å². The Morgan fingerprint density at radius 3 is 2.32 bits per heavy atom. The van der Waals surface area contributed by atoms with Gasteiger partial charge in [0.1, 0.15) is 11.8 Å². The number of sulfonamides is 2. The largest absolute Gasteiger partial charge is 0.467 e. The third-order valence-electron chi connectivity index (χ3n) is 3.61. The molecular weight excluding hydrogens is 366 g/mol. The van der Waals surface area contributed by atoms with Gasteiger partial charge in [-0.3, -0.25) is 4.72 Å². The molecular formula is C15H17N3O5S2. The second-order valence-corrected chi connectivity index (χ2v) is 9.36. The van der Waals surface area contributed by atoms with Crippen LogP contribution in [0.4, 0.5) is 5.69 Å². The molecule has 0 spiro atoms. The monoisotopic (exact) mass is 383 g/mol. The first-order valence-corrected chi connectivity index (χ1v) is 11.1. The minimum atomic E-state index is -3.56. The highest BCUT2D eigenvalue weighted by Gasteiger charge is 2.36. The molecule has 2 heterocycles. The Kier molecular flexibility index (Phi) is 4.33. The van der Waals surface area contributed by atoms with Gasteiger partial charge in [0, 0.05) is 12.1 Å². The maximum Gasteiger partial charge on any atom is 0.247 e. The van der Waals surface area contributed by atoms with Crippen LogP contribution >= 0.6 is 0 Å². The van der Waals surface area contributed by atoms with E-state index >= 15 is 0 Å². The summed E-state index contributed by atoms with van der Waals surface area (Å²) < 4.78 is 55.3. The molecule has 10 heteroatoms. The molecule has 1 aliphatic heterocycles. The topological polar surface area (TPSA) is 109 Å². The summed E-state index contributed by atoms with van der Waals surface area (Å²) in [7, 11) is -6.91. The molecule has 0 bridgehead atoms. The fraction of sp³-hybridized carbons (Fsp3) is 0.267. The van der Waals surface area contributed by atoms with Gasteiger partial charge in [0.25, 0.3) is 0 Å². The predicted molar refractivity (Wildman–Crippen MR) is 94.2 cm³/mol. The molecule has 0 amide bonds. The van der Waals surface area contributed by atoms with Gasteiger partial charge in [-0.2, -0.15) is 9.52 Å². The van der Waals surface area contributed by atoms with Gasteiger partial charge in [-0.1, -0.05) is 12.1 Å². The van der Waals surface area contributed by atoms with Crippen molar-refractivity contribution < 1.29 is 21.3 Å². The molecule has 1 aliphatic rings. The molecule has 0 saturated heterocycles. The summed E-state index contributed by atoms with van der Waals surface area (Å²) in [6.45, 7) is 0. The van der Waals surface area contributed by atoms with E-state index in [0.29, 0.717) is 29.1 Å². The van der Waals surface area contributed by atoms with Crippen LogP contribution in [0.2, 0.25) is 0 Å². The maximum atomic E-state index is 12.0. The predicted octanol–water partition coefficient (Wildman–Crippen LogP) is 1.76. The van der Waals surface area contributed by atoms with Crippen molar-refractivity contribution in [1.82, 2.24) is 4.41 Å². The molecule has 0 radical (unpaired) electrons. The lowest BCUT2D eigenvalue weighted by Gasteiger charge is -2.18. The Morgan fingerprint density at radius 1 is 1.12 bits per heavy atom. The van der Waals surface area contributed by atoms with Crippen LogP contribution in [0.1, 0.15) is 23.8 Å². The summed E-state index contributed by atoms with van der Waals surface area (Å²) in [5.74, 6) is 0.513. The molecule has 1 aromatic heterocycles. The summed E-state index contributed by atoms with van der Waals surface area (Å²) in [6, 6.07) is 9.45. The number of nitrogens with zero attached hydrogens (tertiary/aromatic N) is 2. The average Bonchev–Trinajstić information content (AvgIpc) is 3.15. The van der Waals surface area contributed by atoms with Crippen LogP contribution in [0.3, 0.4) is 0 Å². The third-order valence-corrected chi connectivity index (χ3v) is 5.23. The number of furan rings is 1. The molecule has 3 rings (SSSR count). The fourth-order valence-corrected chi connectivity index (χ4v) is 4.06. The van der Waals surface area contributed by atoms with E-state index in [-0.39, 0.29) is 0 Å². The van der Waals surface area contributed by atoms with E-state index < -0.39 is 26.1 Å². The van der Waals surface area contributed by atoms with E-state index in [1.807, 2.05) is 0 Å². The van der Waals surface area contributed by atoms with Gasteiger partial charge in [-0.25, -0.2) is 16.8 Å². The molecule has 8 nitrogen and oxygen atoms in total.